The highest BCUT2D eigenvalue weighted by atomic mass is 79.9. The number of rotatable bonds is 4. The number of hydrogen-bond acceptors (Lipinski definition) is 2. The molecule has 1 aromatic carbocycles. The summed E-state index contributed by atoms with van der Waals surface area (Å²) in [4.78, 5) is 0. The number of nitrogens with one attached hydrogen (secondary N) is 1. The molecule has 0 spiro atoms. The van der Waals surface area contributed by atoms with Crippen LogP contribution in [-0.2, 0) is 11.3 Å². The molecule has 0 radical (unpaired) electrons. The van der Waals surface area contributed by atoms with Gasteiger partial charge in [0.05, 0.1) is 6.10 Å². The molecular weight excluding hydrogens is 285 g/mol. The average Bonchev–Trinajstić information content (AvgIpc) is 2.33. The van der Waals surface area contributed by atoms with Crippen LogP contribution in [0.25, 0.3) is 0 Å². The standard InChI is InChI=1S/C13H17BrFNO/c14-11-5-4-10(13(15)7-11)8-16-9-12-3-1-2-6-17-12/h4-5,7,12,16H,1-3,6,8-9H2. The third kappa shape index (κ3) is 4.05. The summed E-state index contributed by atoms with van der Waals surface area (Å²) >= 11 is 3.25. The Morgan fingerprint density at radius 1 is 1.41 bits per heavy atom. The van der Waals surface area contributed by atoms with Crippen molar-refractivity contribution >= 4 is 15.9 Å². The van der Waals surface area contributed by atoms with Crippen molar-refractivity contribution in [3.05, 3.63) is 34.1 Å². The third-order valence-corrected chi connectivity index (χ3v) is 3.47. The molecule has 1 aromatic rings. The molecule has 2 rings (SSSR count). The molecule has 1 atom stereocenters. The lowest BCUT2D eigenvalue weighted by Gasteiger charge is -2.22. The van der Waals surface area contributed by atoms with E-state index in [2.05, 4.69) is 21.2 Å². The van der Waals surface area contributed by atoms with Crippen molar-refractivity contribution in [1.29, 1.82) is 0 Å². The maximum atomic E-state index is 13.5. The van der Waals surface area contributed by atoms with Crippen molar-refractivity contribution in [1.82, 2.24) is 5.32 Å². The van der Waals surface area contributed by atoms with Crippen molar-refractivity contribution < 1.29 is 9.13 Å². The van der Waals surface area contributed by atoms with E-state index in [9.17, 15) is 4.39 Å². The van der Waals surface area contributed by atoms with Gasteiger partial charge in [0.15, 0.2) is 0 Å². The lowest BCUT2D eigenvalue weighted by Crippen LogP contribution is -2.31. The SMILES string of the molecule is Fc1cc(Br)ccc1CNCC1CCCCO1. The van der Waals surface area contributed by atoms with Crippen molar-refractivity contribution in [2.75, 3.05) is 13.2 Å². The molecule has 0 saturated carbocycles. The van der Waals surface area contributed by atoms with E-state index in [0.29, 0.717) is 18.2 Å². The number of benzene rings is 1. The molecule has 0 aromatic heterocycles. The number of ether oxygens (including phenoxy) is 1. The fourth-order valence-corrected chi connectivity index (χ4v) is 2.33. The van der Waals surface area contributed by atoms with Gasteiger partial charge in [-0.1, -0.05) is 22.0 Å². The highest BCUT2D eigenvalue weighted by molar-refractivity contribution is 9.10. The van der Waals surface area contributed by atoms with Gasteiger partial charge < -0.3 is 10.1 Å². The molecule has 17 heavy (non-hydrogen) atoms. The number of halogens is 2. The monoisotopic (exact) mass is 301 g/mol. The minimum Gasteiger partial charge on any atom is -0.377 e. The molecule has 1 aliphatic rings. The molecule has 0 bridgehead atoms. The van der Waals surface area contributed by atoms with Crippen molar-refractivity contribution in [3.63, 3.8) is 0 Å². The molecule has 2 nitrogen and oxygen atoms in total. The van der Waals surface area contributed by atoms with Crippen LogP contribution in [0.1, 0.15) is 24.8 Å². The summed E-state index contributed by atoms with van der Waals surface area (Å²) in [5.74, 6) is -0.170. The second kappa shape index (κ2) is 6.47. The summed E-state index contributed by atoms with van der Waals surface area (Å²) < 4.78 is 19.9. The Kier molecular flexibility index (Phi) is 4.95. The summed E-state index contributed by atoms with van der Waals surface area (Å²) in [5, 5.41) is 3.25. The van der Waals surface area contributed by atoms with E-state index in [1.54, 1.807) is 6.07 Å². The summed E-state index contributed by atoms with van der Waals surface area (Å²) in [6, 6.07) is 5.15. The van der Waals surface area contributed by atoms with E-state index >= 15 is 0 Å². The Balaban J connectivity index is 1.77. The Morgan fingerprint density at radius 2 is 2.29 bits per heavy atom. The van der Waals surface area contributed by atoms with Crippen LogP contribution < -0.4 is 5.32 Å². The minimum atomic E-state index is -0.170. The van der Waals surface area contributed by atoms with Gasteiger partial charge in [-0.05, 0) is 31.4 Å². The summed E-state index contributed by atoms with van der Waals surface area (Å²) in [6.45, 7) is 2.22. The fourth-order valence-electron chi connectivity index (χ4n) is 2.00. The molecule has 0 aliphatic carbocycles. The first-order chi connectivity index (χ1) is 8.25. The Morgan fingerprint density at radius 3 is 3.00 bits per heavy atom. The lowest BCUT2D eigenvalue weighted by molar-refractivity contribution is 0.0167. The van der Waals surface area contributed by atoms with Crippen LogP contribution in [0.15, 0.2) is 22.7 Å². The molecule has 4 heteroatoms. The predicted octanol–water partition coefficient (Wildman–Crippen LogP) is 3.25. The zero-order chi connectivity index (χ0) is 12.1. The van der Waals surface area contributed by atoms with E-state index in [4.69, 9.17) is 4.74 Å². The second-order valence-electron chi connectivity index (χ2n) is 4.36. The smallest absolute Gasteiger partial charge is 0.128 e. The van der Waals surface area contributed by atoms with Crippen molar-refractivity contribution in [2.45, 2.75) is 31.9 Å². The molecule has 1 fully saturated rings. The largest absolute Gasteiger partial charge is 0.377 e. The lowest BCUT2D eigenvalue weighted by atomic mass is 10.1. The Bertz CT molecular complexity index is 366. The molecule has 94 valence electrons. The van der Waals surface area contributed by atoms with E-state index < -0.39 is 0 Å². The molecule has 0 amide bonds. The predicted molar refractivity (Wildman–Crippen MR) is 69.4 cm³/mol. The van der Waals surface area contributed by atoms with Gasteiger partial charge in [0, 0.05) is 29.7 Å². The van der Waals surface area contributed by atoms with E-state index in [1.165, 1.54) is 12.5 Å². The van der Waals surface area contributed by atoms with Gasteiger partial charge in [-0.25, -0.2) is 4.39 Å². The first kappa shape index (κ1) is 13.0. The Hall–Kier alpha value is -0.450. The fraction of sp³-hybridized carbons (Fsp3) is 0.538. The van der Waals surface area contributed by atoms with E-state index in [1.807, 2.05) is 6.07 Å². The van der Waals surface area contributed by atoms with E-state index in [0.717, 1.165) is 30.5 Å². The van der Waals surface area contributed by atoms with Gasteiger partial charge in [0.2, 0.25) is 0 Å². The van der Waals surface area contributed by atoms with Crippen LogP contribution in [0.2, 0.25) is 0 Å². The number of hydrogen-bond donors (Lipinski definition) is 1. The zero-order valence-corrected chi connectivity index (χ0v) is 11.3. The Labute approximate surface area is 110 Å². The second-order valence-corrected chi connectivity index (χ2v) is 5.27. The van der Waals surface area contributed by atoms with Gasteiger partial charge in [-0.2, -0.15) is 0 Å². The highest BCUT2D eigenvalue weighted by Gasteiger charge is 2.13. The van der Waals surface area contributed by atoms with Crippen LogP contribution in [0, 0.1) is 5.82 Å². The zero-order valence-electron chi connectivity index (χ0n) is 9.72. The van der Waals surface area contributed by atoms with Crippen molar-refractivity contribution in [3.8, 4) is 0 Å². The van der Waals surface area contributed by atoms with Gasteiger partial charge >= 0.3 is 0 Å². The van der Waals surface area contributed by atoms with Gasteiger partial charge in [-0.15, -0.1) is 0 Å². The summed E-state index contributed by atoms with van der Waals surface area (Å²) in [6.07, 6.45) is 3.80. The first-order valence-corrected chi connectivity index (χ1v) is 6.81. The molecule has 1 unspecified atom stereocenters. The van der Waals surface area contributed by atoms with Crippen LogP contribution in [-0.4, -0.2) is 19.3 Å². The molecule has 1 aliphatic heterocycles. The van der Waals surface area contributed by atoms with Crippen molar-refractivity contribution in [2.24, 2.45) is 0 Å². The van der Waals surface area contributed by atoms with Crippen LogP contribution in [0.3, 0.4) is 0 Å². The highest BCUT2D eigenvalue weighted by Crippen LogP contribution is 2.15. The first-order valence-electron chi connectivity index (χ1n) is 6.02. The summed E-state index contributed by atoms with van der Waals surface area (Å²) in [7, 11) is 0. The van der Waals surface area contributed by atoms with Gasteiger partial charge in [-0.3, -0.25) is 0 Å². The van der Waals surface area contributed by atoms with Crippen LogP contribution >= 0.6 is 15.9 Å². The average molecular weight is 302 g/mol. The van der Waals surface area contributed by atoms with Gasteiger partial charge in [0.1, 0.15) is 5.82 Å². The van der Waals surface area contributed by atoms with Crippen LogP contribution in [0.5, 0.6) is 0 Å². The van der Waals surface area contributed by atoms with Crippen LogP contribution in [0.4, 0.5) is 4.39 Å². The molecule has 1 saturated heterocycles. The summed E-state index contributed by atoms with van der Waals surface area (Å²) in [5.41, 5.74) is 0.698. The quantitative estimate of drug-likeness (QED) is 0.922. The van der Waals surface area contributed by atoms with Gasteiger partial charge in [0.25, 0.3) is 0 Å². The maximum Gasteiger partial charge on any atom is 0.128 e. The van der Waals surface area contributed by atoms with E-state index in [-0.39, 0.29) is 5.82 Å². The maximum absolute atomic E-state index is 13.5. The third-order valence-electron chi connectivity index (χ3n) is 2.98. The molecular formula is C13H17BrFNO. The normalized spacial score (nSPS) is 20.5. The molecule has 1 heterocycles. The molecule has 1 N–H and O–H groups in total. The minimum absolute atomic E-state index is 0.170. The topological polar surface area (TPSA) is 21.3 Å².